The second-order valence-electron chi connectivity index (χ2n) is 6.44. The normalized spacial score (nSPS) is 15.5. The number of carboxylic acid groups (broad SMARTS) is 1. The summed E-state index contributed by atoms with van der Waals surface area (Å²) < 4.78 is 29.7. The molecule has 6 nitrogen and oxygen atoms in total. The van der Waals surface area contributed by atoms with Gasteiger partial charge in [-0.25, -0.2) is 13.8 Å². The van der Waals surface area contributed by atoms with E-state index in [0.29, 0.717) is 22.4 Å². The number of hydrogen-bond donors (Lipinski definition) is 1. The molecule has 0 bridgehead atoms. The Morgan fingerprint density at radius 1 is 1.23 bits per heavy atom. The molecular weight excluding hydrogens is 432 g/mol. The van der Waals surface area contributed by atoms with Crippen LogP contribution in [0.25, 0.3) is 17.1 Å². The second-order valence-corrected chi connectivity index (χ2v) is 8.12. The van der Waals surface area contributed by atoms with Gasteiger partial charge in [-0.2, -0.15) is 0 Å². The Morgan fingerprint density at radius 2 is 2.00 bits per heavy atom. The van der Waals surface area contributed by atoms with Crippen molar-refractivity contribution in [3.63, 3.8) is 0 Å². The Kier molecular flexibility index (Phi) is 5.35. The molecule has 0 radical (unpaired) electrons. The van der Waals surface area contributed by atoms with E-state index in [0.717, 1.165) is 16.7 Å². The summed E-state index contributed by atoms with van der Waals surface area (Å²) in [4.78, 5) is 29.1. The molecule has 1 aliphatic heterocycles. The number of halogens is 2. The third-order valence-corrected chi connectivity index (χ3v) is 5.83. The van der Waals surface area contributed by atoms with Crippen LogP contribution < -0.4 is 0 Å². The lowest BCUT2D eigenvalue weighted by Gasteiger charge is -2.10. The summed E-state index contributed by atoms with van der Waals surface area (Å²) in [6.07, 6.45) is 1.46. The quantitative estimate of drug-likeness (QED) is 0.477. The van der Waals surface area contributed by atoms with E-state index in [1.54, 1.807) is 22.8 Å². The monoisotopic (exact) mass is 445 g/mol. The molecule has 30 heavy (non-hydrogen) atoms. The van der Waals surface area contributed by atoms with E-state index in [-0.39, 0.29) is 15.8 Å². The van der Waals surface area contributed by atoms with Crippen LogP contribution in [0.2, 0.25) is 0 Å². The lowest BCUT2D eigenvalue weighted by atomic mass is 10.2. The second kappa shape index (κ2) is 7.96. The first-order valence-corrected chi connectivity index (χ1v) is 9.92. The van der Waals surface area contributed by atoms with Gasteiger partial charge in [0.25, 0.3) is 5.91 Å². The van der Waals surface area contributed by atoms with Crippen molar-refractivity contribution in [1.82, 2.24) is 14.5 Å². The zero-order valence-corrected chi connectivity index (χ0v) is 16.8. The van der Waals surface area contributed by atoms with Crippen molar-refractivity contribution in [2.75, 3.05) is 6.54 Å². The van der Waals surface area contributed by atoms with E-state index in [2.05, 4.69) is 4.98 Å². The van der Waals surface area contributed by atoms with Crippen molar-refractivity contribution in [3.8, 4) is 0 Å². The maximum atomic E-state index is 14.2. The predicted octanol–water partition coefficient (Wildman–Crippen LogP) is 3.65. The van der Waals surface area contributed by atoms with Crippen molar-refractivity contribution in [1.29, 1.82) is 0 Å². The molecule has 0 saturated carbocycles. The molecule has 1 aliphatic rings. The van der Waals surface area contributed by atoms with E-state index in [1.165, 1.54) is 30.3 Å². The Labute approximate surface area is 178 Å². The maximum absolute atomic E-state index is 14.2. The Morgan fingerprint density at radius 3 is 2.73 bits per heavy atom. The summed E-state index contributed by atoms with van der Waals surface area (Å²) in [6, 6.07) is 10.3. The van der Waals surface area contributed by atoms with Crippen LogP contribution in [-0.2, 0) is 16.1 Å². The average Bonchev–Trinajstić information content (AvgIpc) is 3.15. The molecule has 1 aromatic heterocycles. The fraction of sp³-hybridized carbons (Fsp3) is 0.100. The molecule has 1 N–H and O–H groups in total. The molecule has 1 saturated heterocycles. The molecule has 3 aromatic rings. The highest BCUT2D eigenvalue weighted by Gasteiger charge is 2.33. The van der Waals surface area contributed by atoms with E-state index in [9.17, 15) is 18.4 Å². The van der Waals surface area contributed by atoms with Gasteiger partial charge in [0.15, 0.2) is 0 Å². The molecule has 0 aliphatic carbocycles. The SMILES string of the molecule is O=C(O)CN1C(=O)/C(=C/c2nc3cc(F)ccc3n2Cc2ccccc2F)SC1=S. The number of imidazole rings is 1. The zero-order chi connectivity index (χ0) is 21.4. The van der Waals surface area contributed by atoms with E-state index < -0.39 is 30.1 Å². The molecule has 4 rings (SSSR count). The van der Waals surface area contributed by atoms with Gasteiger partial charge in [-0.05, 0) is 18.2 Å². The summed E-state index contributed by atoms with van der Waals surface area (Å²) in [5.41, 5.74) is 1.31. The third kappa shape index (κ3) is 3.83. The Balaban J connectivity index is 1.80. The number of fused-ring (bicyclic) bond motifs is 1. The van der Waals surface area contributed by atoms with Crippen LogP contribution in [0.3, 0.4) is 0 Å². The van der Waals surface area contributed by atoms with Gasteiger partial charge in [-0.1, -0.05) is 42.2 Å². The Bertz CT molecular complexity index is 1240. The zero-order valence-electron chi connectivity index (χ0n) is 15.2. The number of benzene rings is 2. The first-order valence-electron chi connectivity index (χ1n) is 8.70. The van der Waals surface area contributed by atoms with Crippen LogP contribution in [0.4, 0.5) is 8.78 Å². The van der Waals surface area contributed by atoms with Gasteiger partial charge in [0.05, 0.1) is 22.5 Å². The van der Waals surface area contributed by atoms with Crippen molar-refractivity contribution in [3.05, 3.63) is 70.4 Å². The summed E-state index contributed by atoms with van der Waals surface area (Å²) in [5, 5.41) is 8.97. The summed E-state index contributed by atoms with van der Waals surface area (Å²) in [5.74, 6) is -2.31. The van der Waals surface area contributed by atoms with Crippen LogP contribution in [0.5, 0.6) is 0 Å². The van der Waals surface area contributed by atoms with Crippen molar-refractivity contribution >= 4 is 57.3 Å². The van der Waals surface area contributed by atoms with Gasteiger partial charge >= 0.3 is 5.97 Å². The first-order chi connectivity index (χ1) is 14.3. The molecule has 1 fully saturated rings. The number of carbonyl (C=O) groups excluding carboxylic acids is 1. The minimum Gasteiger partial charge on any atom is -0.480 e. The van der Waals surface area contributed by atoms with Crippen LogP contribution in [0.15, 0.2) is 47.4 Å². The fourth-order valence-electron chi connectivity index (χ4n) is 3.08. The molecule has 1 amide bonds. The van der Waals surface area contributed by atoms with Crippen LogP contribution in [0.1, 0.15) is 11.4 Å². The van der Waals surface area contributed by atoms with E-state index in [1.807, 2.05) is 0 Å². The molecule has 0 unspecified atom stereocenters. The highest BCUT2D eigenvalue weighted by Crippen LogP contribution is 2.33. The number of aromatic nitrogens is 2. The number of hydrogen-bond acceptors (Lipinski definition) is 5. The average molecular weight is 445 g/mol. The van der Waals surface area contributed by atoms with Gasteiger partial charge in [-0.15, -0.1) is 0 Å². The maximum Gasteiger partial charge on any atom is 0.323 e. The van der Waals surface area contributed by atoms with Gasteiger partial charge in [-0.3, -0.25) is 14.5 Å². The molecule has 10 heteroatoms. The van der Waals surface area contributed by atoms with Crippen molar-refractivity contribution in [2.24, 2.45) is 0 Å². The molecule has 152 valence electrons. The van der Waals surface area contributed by atoms with Crippen molar-refractivity contribution in [2.45, 2.75) is 6.54 Å². The van der Waals surface area contributed by atoms with Gasteiger partial charge in [0.2, 0.25) is 0 Å². The Hall–Kier alpha value is -3.11. The standard InChI is InChI=1S/C20H13F2N3O3S2/c21-12-5-6-15-14(7-12)23-17(24(15)9-11-3-1-2-4-13(11)22)8-16-19(28)25(10-18(26)27)20(29)30-16/h1-8H,9-10H2,(H,26,27)/b16-8-. The van der Waals surface area contributed by atoms with Crippen LogP contribution in [0, 0.1) is 11.6 Å². The van der Waals surface area contributed by atoms with Crippen LogP contribution >= 0.6 is 24.0 Å². The van der Waals surface area contributed by atoms with Gasteiger partial charge in [0.1, 0.15) is 28.3 Å². The van der Waals surface area contributed by atoms with Crippen molar-refractivity contribution < 1.29 is 23.5 Å². The van der Waals surface area contributed by atoms with E-state index in [4.69, 9.17) is 17.3 Å². The summed E-state index contributed by atoms with van der Waals surface area (Å²) >= 11 is 6.06. The van der Waals surface area contributed by atoms with Gasteiger partial charge < -0.3 is 9.67 Å². The highest BCUT2D eigenvalue weighted by atomic mass is 32.2. The number of nitrogens with zero attached hydrogens (tertiary/aromatic N) is 3. The third-order valence-electron chi connectivity index (χ3n) is 4.45. The fourth-order valence-corrected chi connectivity index (χ4v) is 4.31. The highest BCUT2D eigenvalue weighted by molar-refractivity contribution is 8.26. The number of amides is 1. The molecule has 0 atom stereocenters. The molecule has 0 spiro atoms. The van der Waals surface area contributed by atoms with Crippen LogP contribution in [-0.4, -0.2) is 42.3 Å². The minimum atomic E-state index is -1.19. The lowest BCUT2D eigenvalue weighted by Crippen LogP contribution is -2.33. The van der Waals surface area contributed by atoms with Gasteiger partial charge in [0, 0.05) is 17.7 Å². The smallest absolute Gasteiger partial charge is 0.323 e. The lowest BCUT2D eigenvalue weighted by molar-refractivity contribution is -0.140. The largest absolute Gasteiger partial charge is 0.480 e. The minimum absolute atomic E-state index is 0.107. The summed E-state index contributed by atoms with van der Waals surface area (Å²) in [6.45, 7) is -0.436. The first kappa shape index (κ1) is 20.2. The number of rotatable bonds is 5. The number of thioether (sulfide) groups is 1. The topological polar surface area (TPSA) is 75.4 Å². The molecular formula is C20H13F2N3O3S2. The summed E-state index contributed by atoms with van der Waals surface area (Å²) in [7, 11) is 0. The number of carbonyl (C=O) groups is 2. The number of aliphatic carboxylic acids is 1. The predicted molar refractivity (Wildman–Crippen MR) is 113 cm³/mol. The molecule has 2 heterocycles. The van der Waals surface area contributed by atoms with E-state index >= 15 is 0 Å². The number of carboxylic acids is 1. The molecule has 2 aromatic carbocycles. The number of thiocarbonyl (C=S) groups is 1.